The number of rotatable bonds is 6. The maximum atomic E-state index is 4.48. The summed E-state index contributed by atoms with van der Waals surface area (Å²) in [6.07, 6.45) is 4.17. The lowest BCUT2D eigenvalue weighted by atomic mass is 10.1. The van der Waals surface area contributed by atoms with E-state index in [0.717, 1.165) is 18.5 Å². The van der Waals surface area contributed by atoms with Gasteiger partial charge in [0.15, 0.2) is 0 Å². The van der Waals surface area contributed by atoms with E-state index in [9.17, 15) is 0 Å². The molecule has 0 saturated heterocycles. The van der Waals surface area contributed by atoms with Crippen LogP contribution in [0.5, 0.6) is 0 Å². The van der Waals surface area contributed by atoms with Crippen molar-refractivity contribution in [3.8, 4) is 0 Å². The third-order valence-corrected chi connectivity index (χ3v) is 3.49. The first-order valence-corrected chi connectivity index (χ1v) is 6.30. The molecule has 1 rings (SSSR count). The third kappa shape index (κ3) is 4.14. The van der Waals surface area contributed by atoms with E-state index in [1.165, 1.54) is 5.01 Å². The average molecular weight is 224 g/mol. The van der Waals surface area contributed by atoms with Crippen molar-refractivity contribution in [3.05, 3.63) is 28.7 Å². The molecular formula is C12H20N2S. The minimum Gasteiger partial charge on any atom is -0.306 e. The van der Waals surface area contributed by atoms with E-state index >= 15 is 0 Å². The highest BCUT2D eigenvalue weighted by Crippen LogP contribution is 2.18. The molecule has 3 heteroatoms. The molecule has 0 bridgehead atoms. The molecule has 0 aliphatic heterocycles. The van der Waals surface area contributed by atoms with Crippen molar-refractivity contribution < 1.29 is 0 Å². The van der Waals surface area contributed by atoms with Gasteiger partial charge in [0, 0.05) is 17.1 Å². The van der Waals surface area contributed by atoms with Crippen LogP contribution in [0.25, 0.3) is 0 Å². The number of aryl methyl sites for hydroxylation is 1. The summed E-state index contributed by atoms with van der Waals surface area (Å²) in [5.74, 6) is 0. The second-order valence-electron chi connectivity index (χ2n) is 3.98. The molecule has 1 heterocycles. The second kappa shape index (κ2) is 6.03. The van der Waals surface area contributed by atoms with E-state index in [0.29, 0.717) is 12.1 Å². The first-order valence-electron chi connectivity index (χ1n) is 5.42. The zero-order valence-corrected chi connectivity index (χ0v) is 10.6. The van der Waals surface area contributed by atoms with E-state index in [4.69, 9.17) is 0 Å². The molecule has 0 spiro atoms. The summed E-state index contributed by atoms with van der Waals surface area (Å²) in [6.45, 7) is 10.1. The first kappa shape index (κ1) is 12.4. The second-order valence-corrected chi connectivity index (χ2v) is 4.87. The van der Waals surface area contributed by atoms with Crippen LogP contribution in [-0.4, -0.2) is 11.0 Å². The monoisotopic (exact) mass is 224 g/mol. The van der Waals surface area contributed by atoms with Crippen LogP contribution in [0.4, 0.5) is 0 Å². The summed E-state index contributed by atoms with van der Waals surface area (Å²) in [6, 6.07) is 0.866. The Kier molecular flexibility index (Phi) is 4.99. The largest absolute Gasteiger partial charge is 0.306 e. The smallest absolute Gasteiger partial charge is 0.110 e. The molecule has 0 amide bonds. The number of allylic oxidation sites excluding steroid dienone is 1. The molecular weight excluding hydrogens is 204 g/mol. The van der Waals surface area contributed by atoms with Gasteiger partial charge >= 0.3 is 0 Å². The Labute approximate surface area is 96.4 Å². The molecule has 0 saturated carbocycles. The topological polar surface area (TPSA) is 24.9 Å². The molecule has 1 aromatic heterocycles. The molecule has 0 aromatic carbocycles. The Bertz CT molecular complexity index is 306. The fourth-order valence-electron chi connectivity index (χ4n) is 1.52. The van der Waals surface area contributed by atoms with Crippen LogP contribution in [0, 0.1) is 6.92 Å². The quantitative estimate of drug-likeness (QED) is 0.749. The van der Waals surface area contributed by atoms with Crippen LogP contribution in [0.1, 0.15) is 43.4 Å². The minimum atomic E-state index is 0.350. The highest BCUT2D eigenvalue weighted by molar-refractivity contribution is 7.09. The minimum absolute atomic E-state index is 0.350. The normalized spacial score (nSPS) is 14.9. The third-order valence-electron chi connectivity index (χ3n) is 2.35. The number of hydrogen-bond acceptors (Lipinski definition) is 3. The van der Waals surface area contributed by atoms with Crippen molar-refractivity contribution in [2.45, 2.75) is 45.7 Å². The summed E-state index contributed by atoms with van der Waals surface area (Å²) in [5.41, 5.74) is 1.11. The number of hydrogen-bond donors (Lipinski definition) is 1. The van der Waals surface area contributed by atoms with Gasteiger partial charge in [-0.05, 0) is 33.6 Å². The maximum absolute atomic E-state index is 4.48. The van der Waals surface area contributed by atoms with Gasteiger partial charge in [-0.3, -0.25) is 0 Å². The fourth-order valence-corrected chi connectivity index (χ4v) is 2.33. The van der Waals surface area contributed by atoms with Crippen LogP contribution in [0.2, 0.25) is 0 Å². The SMILES string of the molecule is C=CCC[C@H](C)N[C@H](C)c1nc(C)cs1. The summed E-state index contributed by atoms with van der Waals surface area (Å²) in [5, 5.41) is 6.82. The highest BCUT2D eigenvalue weighted by atomic mass is 32.1. The standard InChI is InChI=1S/C12H20N2S/c1-5-6-7-9(2)13-11(4)12-14-10(3)8-15-12/h5,8-9,11,13H,1,6-7H2,2-4H3/t9-,11+/m0/s1. The lowest BCUT2D eigenvalue weighted by Crippen LogP contribution is -2.28. The Morgan fingerprint density at radius 1 is 1.60 bits per heavy atom. The van der Waals surface area contributed by atoms with Gasteiger partial charge < -0.3 is 5.32 Å². The number of aromatic nitrogens is 1. The van der Waals surface area contributed by atoms with Gasteiger partial charge in [0.05, 0.1) is 6.04 Å². The van der Waals surface area contributed by atoms with Gasteiger partial charge in [0.2, 0.25) is 0 Å². The van der Waals surface area contributed by atoms with Crippen LogP contribution < -0.4 is 5.32 Å². The van der Waals surface area contributed by atoms with Gasteiger partial charge in [-0.15, -0.1) is 17.9 Å². The molecule has 15 heavy (non-hydrogen) atoms. The lowest BCUT2D eigenvalue weighted by molar-refractivity contribution is 0.457. The van der Waals surface area contributed by atoms with E-state index in [2.05, 4.69) is 36.1 Å². The molecule has 2 nitrogen and oxygen atoms in total. The van der Waals surface area contributed by atoms with Crippen LogP contribution in [0.3, 0.4) is 0 Å². The molecule has 0 fully saturated rings. The van der Waals surface area contributed by atoms with E-state index < -0.39 is 0 Å². The van der Waals surface area contributed by atoms with E-state index in [1.807, 2.05) is 13.0 Å². The molecule has 84 valence electrons. The molecule has 0 unspecified atom stereocenters. The fraction of sp³-hybridized carbons (Fsp3) is 0.583. The number of thiazole rings is 1. The molecule has 0 radical (unpaired) electrons. The zero-order chi connectivity index (χ0) is 11.3. The molecule has 1 aromatic rings. The molecule has 2 atom stereocenters. The van der Waals surface area contributed by atoms with Crippen molar-refractivity contribution in [1.29, 1.82) is 0 Å². The van der Waals surface area contributed by atoms with Gasteiger partial charge in [-0.1, -0.05) is 6.08 Å². The predicted molar refractivity (Wildman–Crippen MR) is 67.3 cm³/mol. The lowest BCUT2D eigenvalue weighted by Gasteiger charge is -2.17. The van der Waals surface area contributed by atoms with Crippen LogP contribution in [0.15, 0.2) is 18.0 Å². The number of nitrogens with zero attached hydrogens (tertiary/aromatic N) is 1. The molecule has 0 aliphatic carbocycles. The van der Waals surface area contributed by atoms with E-state index in [1.54, 1.807) is 11.3 Å². The van der Waals surface area contributed by atoms with Crippen LogP contribution in [-0.2, 0) is 0 Å². The van der Waals surface area contributed by atoms with Crippen molar-refractivity contribution in [2.75, 3.05) is 0 Å². The van der Waals surface area contributed by atoms with E-state index in [-0.39, 0.29) is 0 Å². The Balaban J connectivity index is 2.41. The van der Waals surface area contributed by atoms with Crippen LogP contribution >= 0.6 is 11.3 Å². The van der Waals surface area contributed by atoms with Crippen molar-refractivity contribution in [3.63, 3.8) is 0 Å². The summed E-state index contributed by atoms with van der Waals surface area (Å²) >= 11 is 1.73. The van der Waals surface area contributed by atoms with Gasteiger partial charge in [-0.25, -0.2) is 4.98 Å². The van der Waals surface area contributed by atoms with Gasteiger partial charge in [0.25, 0.3) is 0 Å². The van der Waals surface area contributed by atoms with Crippen molar-refractivity contribution >= 4 is 11.3 Å². The highest BCUT2D eigenvalue weighted by Gasteiger charge is 2.11. The zero-order valence-electron chi connectivity index (χ0n) is 9.79. The summed E-state index contributed by atoms with van der Waals surface area (Å²) < 4.78 is 0. The average Bonchev–Trinajstić information content (AvgIpc) is 2.61. The summed E-state index contributed by atoms with van der Waals surface area (Å²) in [7, 11) is 0. The van der Waals surface area contributed by atoms with Gasteiger partial charge in [0.1, 0.15) is 5.01 Å². The predicted octanol–water partition coefficient (Wildman–Crippen LogP) is 3.46. The Hall–Kier alpha value is -0.670. The van der Waals surface area contributed by atoms with Gasteiger partial charge in [-0.2, -0.15) is 0 Å². The van der Waals surface area contributed by atoms with Crippen molar-refractivity contribution in [1.82, 2.24) is 10.3 Å². The first-order chi connectivity index (χ1) is 7.13. The Morgan fingerprint density at radius 2 is 2.33 bits per heavy atom. The summed E-state index contributed by atoms with van der Waals surface area (Å²) in [4.78, 5) is 4.48. The maximum Gasteiger partial charge on any atom is 0.110 e. The number of nitrogens with one attached hydrogen (secondary N) is 1. The van der Waals surface area contributed by atoms with Crippen molar-refractivity contribution in [2.24, 2.45) is 0 Å². The molecule has 0 aliphatic rings. The Morgan fingerprint density at radius 3 is 2.87 bits per heavy atom. The molecule has 1 N–H and O–H groups in total.